The summed E-state index contributed by atoms with van der Waals surface area (Å²) in [6.07, 6.45) is 3.55. The van der Waals surface area contributed by atoms with Crippen LogP contribution in [0.3, 0.4) is 0 Å². The molecule has 1 fully saturated rings. The normalized spacial score (nSPS) is 22.8. The summed E-state index contributed by atoms with van der Waals surface area (Å²) in [5.74, 6) is 0.181. The zero-order valence-corrected chi connectivity index (χ0v) is 21.0. The molecule has 0 spiro atoms. The van der Waals surface area contributed by atoms with E-state index in [1.54, 1.807) is 30.5 Å². The van der Waals surface area contributed by atoms with Crippen LogP contribution in [0.2, 0.25) is 0 Å². The Bertz CT molecular complexity index is 1360. The highest BCUT2D eigenvalue weighted by atomic mass is 32.2. The number of urea groups is 1. The minimum absolute atomic E-state index is 0.0736. The number of hydrogen-bond acceptors (Lipinski definition) is 6. The lowest BCUT2D eigenvalue weighted by Crippen LogP contribution is -2.52. The zero-order valence-electron chi connectivity index (χ0n) is 20.2. The van der Waals surface area contributed by atoms with Crippen molar-refractivity contribution in [2.24, 2.45) is 0 Å². The van der Waals surface area contributed by atoms with Gasteiger partial charge >= 0.3 is 6.03 Å². The van der Waals surface area contributed by atoms with E-state index in [1.165, 1.54) is 28.8 Å². The molecule has 3 aromatic rings. The number of halogens is 1. The summed E-state index contributed by atoms with van der Waals surface area (Å²) in [6, 6.07) is 14.2. The number of anilines is 2. The molecule has 0 aliphatic carbocycles. The molecule has 3 aliphatic heterocycles. The molecule has 37 heavy (non-hydrogen) atoms. The third kappa shape index (κ3) is 4.51. The highest BCUT2D eigenvalue weighted by Crippen LogP contribution is 2.51. The standard InChI is InChI=1S/C27H26FN5O3S/c1-32-13-5-6-16(15-32)30-25(34)24-23-22-21(11-12-29-26(22)37-24)33(27(35)31-23)20-10-9-18(14-19(20)28)36-17-7-3-2-4-8-17/h2-4,7-12,14,16,23-24H,5-6,13,15H2,1H3,(H,30,34)(H,31,35)/t16?,23?,24-/m1/s1. The SMILES string of the molecule is CN1CCCC(NC(=O)[C@@H]2Sc3nccc4c3C2NC(=O)N4c2ccc(Oc3ccccc3)cc2F)C1. The third-order valence-corrected chi connectivity index (χ3v) is 8.16. The molecule has 2 aromatic carbocycles. The molecule has 2 unspecified atom stereocenters. The quantitative estimate of drug-likeness (QED) is 0.513. The van der Waals surface area contributed by atoms with Crippen LogP contribution >= 0.6 is 11.8 Å². The smallest absolute Gasteiger partial charge is 0.327 e. The fraction of sp³-hybridized carbons (Fsp3) is 0.296. The molecule has 0 saturated carbocycles. The number of benzene rings is 2. The van der Waals surface area contributed by atoms with Gasteiger partial charge in [-0.25, -0.2) is 14.2 Å². The van der Waals surface area contributed by atoms with Gasteiger partial charge in [0.15, 0.2) is 5.82 Å². The van der Waals surface area contributed by atoms with Gasteiger partial charge in [0.1, 0.15) is 21.8 Å². The number of rotatable bonds is 5. The molecule has 1 aromatic heterocycles. The van der Waals surface area contributed by atoms with Crippen LogP contribution in [0.5, 0.6) is 11.5 Å². The molecule has 0 bridgehead atoms. The first kappa shape index (κ1) is 23.7. The third-order valence-electron chi connectivity index (χ3n) is 6.87. The topological polar surface area (TPSA) is 86.8 Å². The van der Waals surface area contributed by atoms with Crippen LogP contribution in [-0.4, -0.2) is 53.3 Å². The van der Waals surface area contributed by atoms with Gasteiger partial charge in [-0.1, -0.05) is 30.0 Å². The molecule has 1 saturated heterocycles. The average molecular weight is 520 g/mol. The molecule has 8 nitrogen and oxygen atoms in total. The first-order valence-electron chi connectivity index (χ1n) is 12.3. The van der Waals surface area contributed by atoms with Crippen LogP contribution in [0, 0.1) is 5.82 Å². The Morgan fingerprint density at radius 3 is 2.78 bits per heavy atom. The maximum absolute atomic E-state index is 15.3. The van der Waals surface area contributed by atoms with Gasteiger partial charge in [-0.3, -0.25) is 9.69 Å². The molecule has 0 radical (unpaired) electrons. The maximum Gasteiger partial charge on any atom is 0.327 e. The van der Waals surface area contributed by atoms with Crippen molar-refractivity contribution in [1.29, 1.82) is 0 Å². The molecular weight excluding hydrogens is 493 g/mol. The number of likely N-dealkylation sites (tertiary alicyclic amines) is 1. The Morgan fingerprint density at radius 1 is 1.16 bits per heavy atom. The van der Waals surface area contributed by atoms with Crippen molar-refractivity contribution in [3.63, 3.8) is 0 Å². The number of aromatic nitrogens is 1. The van der Waals surface area contributed by atoms with E-state index < -0.39 is 23.1 Å². The predicted molar refractivity (Wildman–Crippen MR) is 139 cm³/mol. The number of amides is 3. The van der Waals surface area contributed by atoms with Crippen LogP contribution < -0.4 is 20.3 Å². The summed E-state index contributed by atoms with van der Waals surface area (Å²) in [7, 11) is 2.05. The summed E-state index contributed by atoms with van der Waals surface area (Å²) in [4.78, 5) is 34.6. The van der Waals surface area contributed by atoms with Gasteiger partial charge < -0.3 is 20.3 Å². The average Bonchev–Trinajstić information content (AvgIpc) is 3.25. The van der Waals surface area contributed by atoms with Crippen molar-refractivity contribution in [1.82, 2.24) is 20.5 Å². The zero-order chi connectivity index (χ0) is 25.5. The summed E-state index contributed by atoms with van der Waals surface area (Å²) >= 11 is 1.34. The Kier molecular flexibility index (Phi) is 6.21. The fourth-order valence-electron chi connectivity index (χ4n) is 5.19. The number of thioether (sulfide) groups is 1. The van der Waals surface area contributed by atoms with E-state index in [9.17, 15) is 9.59 Å². The monoisotopic (exact) mass is 519 g/mol. The number of hydrogen-bond donors (Lipinski definition) is 2. The van der Waals surface area contributed by atoms with Crippen molar-refractivity contribution in [3.8, 4) is 11.5 Å². The number of para-hydroxylation sites is 1. The van der Waals surface area contributed by atoms with E-state index >= 15 is 4.39 Å². The van der Waals surface area contributed by atoms with Crippen LogP contribution in [0.1, 0.15) is 24.4 Å². The van der Waals surface area contributed by atoms with E-state index in [0.717, 1.165) is 31.5 Å². The Hall–Kier alpha value is -3.63. The first-order valence-corrected chi connectivity index (χ1v) is 13.1. The Labute approximate surface area is 218 Å². The lowest BCUT2D eigenvalue weighted by atomic mass is 9.99. The minimum Gasteiger partial charge on any atom is -0.457 e. The van der Waals surface area contributed by atoms with Gasteiger partial charge in [0.25, 0.3) is 0 Å². The molecule has 6 rings (SSSR count). The second-order valence-electron chi connectivity index (χ2n) is 9.49. The number of ether oxygens (including phenoxy) is 1. The molecule has 190 valence electrons. The number of piperidine rings is 1. The van der Waals surface area contributed by atoms with Crippen molar-refractivity contribution >= 4 is 35.1 Å². The number of likely N-dealkylation sites (N-methyl/N-ethyl adjacent to an activating group) is 1. The van der Waals surface area contributed by atoms with Gasteiger partial charge in [0.2, 0.25) is 5.91 Å². The number of carbonyl (C=O) groups excluding carboxylic acids is 2. The molecule has 3 amide bonds. The highest BCUT2D eigenvalue weighted by Gasteiger charge is 2.47. The fourth-order valence-corrected chi connectivity index (χ4v) is 6.42. The van der Waals surface area contributed by atoms with Crippen LogP contribution in [0.4, 0.5) is 20.6 Å². The lowest BCUT2D eigenvalue weighted by Gasteiger charge is -2.35. The van der Waals surface area contributed by atoms with Crippen molar-refractivity contribution < 1.29 is 18.7 Å². The van der Waals surface area contributed by atoms with Gasteiger partial charge in [-0.2, -0.15) is 0 Å². The first-order chi connectivity index (χ1) is 18.0. The van der Waals surface area contributed by atoms with Crippen molar-refractivity contribution in [2.45, 2.75) is 35.2 Å². The van der Waals surface area contributed by atoms with Crippen LogP contribution in [0.25, 0.3) is 0 Å². The van der Waals surface area contributed by atoms with Crippen LogP contribution in [-0.2, 0) is 4.79 Å². The van der Waals surface area contributed by atoms with Gasteiger partial charge in [0.05, 0.1) is 17.4 Å². The Morgan fingerprint density at radius 2 is 2.00 bits per heavy atom. The number of pyridine rings is 1. The van der Waals surface area contributed by atoms with Gasteiger partial charge in [0, 0.05) is 30.4 Å². The summed E-state index contributed by atoms with van der Waals surface area (Å²) < 4.78 is 21.1. The summed E-state index contributed by atoms with van der Waals surface area (Å²) in [5, 5.41) is 6.21. The minimum atomic E-state index is -0.603. The van der Waals surface area contributed by atoms with E-state index in [0.29, 0.717) is 22.2 Å². The summed E-state index contributed by atoms with van der Waals surface area (Å²) in [5.41, 5.74) is 1.35. The van der Waals surface area contributed by atoms with E-state index in [-0.39, 0.29) is 17.6 Å². The number of nitrogens with zero attached hydrogens (tertiary/aromatic N) is 3. The van der Waals surface area contributed by atoms with E-state index in [4.69, 9.17) is 4.74 Å². The van der Waals surface area contributed by atoms with E-state index in [2.05, 4.69) is 20.5 Å². The van der Waals surface area contributed by atoms with Gasteiger partial charge in [-0.05, 0) is 56.8 Å². The van der Waals surface area contributed by atoms with Gasteiger partial charge in [-0.15, -0.1) is 0 Å². The second kappa shape index (κ2) is 9.68. The molecule has 10 heteroatoms. The molecule has 2 N–H and O–H groups in total. The van der Waals surface area contributed by atoms with Crippen molar-refractivity contribution in [2.75, 3.05) is 25.0 Å². The number of nitrogens with one attached hydrogen (secondary N) is 2. The number of carbonyl (C=O) groups is 2. The lowest BCUT2D eigenvalue weighted by molar-refractivity contribution is -0.122. The Balaban J connectivity index is 1.26. The summed E-state index contributed by atoms with van der Waals surface area (Å²) in [6.45, 7) is 1.82. The molecule has 4 heterocycles. The second-order valence-corrected chi connectivity index (χ2v) is 10.6. The molecule has 3 aliphatic rings. The highest BCUT2D eigenvalue weighted by molar-refractivity contribution is 8.01. The molecule has 3 atom stereocenters. The maximum atomic E-state index is 15.3. The van der Waals surface area contributed by atoms with Crippen molar-refractivity contribution in [3.05, 3.63) is 72.2 Å². The predicted octanol–water partition coefficient (Wildman–Crippen LogP) is 4.60. The van der Waals surface area contributed by atoms with E-state index in [1.807, 2.05) is 25.2 Å². The molecular formula is C27H26FN5O3S. The largest absolute Gasteiger partial charge is 0.457 e. The van der Waals surface area contributed by atoms with Crippen LogP contribution in [0.15, 0.2) is 65.8 Å².